The molecule has 3 rings (SSSR count). The second-order valence-corrected chi connectivity index (χ2v) is 6.76. The van der Waals surface area contributed by atoms with Crippen molar-refractivity contribution in [1.82, 2.24) is 10.2 Å². The molecule has 24 heavy (non-hydrogen) atoms. The summed E-state index contributed by atoms with van der Waals surface area (Å²) in [7, 11) is 0. The van der Waals surface area contributed by atoms with Gasteiger partial charge in [-0.25, -0.2) is 4.39 Å². The first kappa shape index (κ1) is 17.1. The lowest BCUT2D eigenvalue weighted by atomic mass is 9.92. The van der Waals surface area contributed by atoms with E-state index in [1.165, 1.54) is 17.7 Å². The Morgan fingerprint density at radius 2 is 1.88 bits per heavy atom. The van der Waals surface area contributed by atoms with Crippen LogP contribution in [0.1, 0.15) is 24.0 Å². The van der Waals surface area contributed by atoms with E-state index in [2.05, 4.69) is 22.3 Å². The van der Waals surface area contributed by atoms with Gasteiger partial charge in [-0.15, -0.1) is 0 Å². The van der Waals surface area contributed by atoms with Crippen LogP contribution in [-0.2, 0) is 13.1 Å². The molecule has 128 valence electrons. The van der Waals surface area contributed by atoms with Crippen molar-refractivity contribution in [1.29, 1.82) is 0 Å². The lowest BCUT2D eigenvalue weighted by Gasteiger charge is -2.39. The number of piperidine rings is 1. The summed E-state index contributed by atoms with van der Waals surface area (Å²) in [5.41, 5.74) is 1.45. The number of aliphatic hydroxyl groups is 1. The number of hydrogen-bond donors (Lipinski definition) is 2. The van der Waals surface area contributed by atoms with E-state index >= 15 is 0 Å². The molecule has 0 bridgehead atoms. The normalized spacial score (nSPS) is 21.8. The molecular weight excluding hydrogens is 303 g/mol. The van der Waals surface area contributed by atoms with Crippen molar-refractivity contribution >= 4 is 0 Å². The van der Waals surface area contributed by atoms with Crippen LogP contribution in [0.15, 0.2) is 54.6 Å². The zero-order valence-corrected chi connectivity index (χ0v) is 13.9. The van der Waals surface area contributed by atoms with Crippen LogP contribution in [0.3, 0.4) is 0 Å². The lowest BCUT2D eigenvalue weighted by molar-refractivity contribution is -0.0320. The fourth-order valence-corrected chi connectivity index (χ4v) is 3.41. The second-order valence-electron chi connectivity index (χ2n) is 6.76. The molecule has 2 aromatic rings. The molecule has 0 amide bonds. The number of likely N-dealkylation sites (tertiary alicyclic amines) is 1. The Hall–Kier alpha value is -1.75. The van der Waals surface area contributed by atoms with E-state index in [0.29, 0.717) is 19.6 Å². The van der Waals surface area contributed by atoms with Gasteiger partial charge in [-0.3, -0.25) is 4.90 Å². The van der Waals surface area contributed by atoms with E-state index in [0.717, 1.165) is 31.5 Å². The summed E-state index contributed by atoms with van der Waals surface area (Å²) in [5, 5.41) is 14.2. The summed E-state index contributed by atoms with van der Waals surface area (Å²) in [6, 6.07) is 16.9. The standard InChI is InChI=1S/C20H25FN2O/c21-19-9-4-8-18(12-19)13-22-15-20(24)10-5-11-23(16-20)14-17-6-2-1-3-7-17/h1-4,6-9,12,22,24H,5,10-11,13-16H2. The minimum Gasteiger partial charge on any atom is -0.387 e. The van der Waals surface area contributed by atoms with E-state index in [9.17, 15) is 9.50 Å². The predicted molar refractivity (Wildman–Crippen MR) is 94.0 cm³/mol. The molecule has 1 fully saturated rings. The smallest absolute Gasteiger partial charge is 0.123 e. The van der Waals surface area contributed by atoms with Crippen LogP contribution in [0.2, 0.25) is 0 Å². The molecule has 4 heteroatoms. The average molecular weight is 328 g/mol. The van der Waals surface area contributed by atoms with Crippen molar-refractivity contribution in [3.05, 3.63) is 71.5 Å². The van der Waals surface area contributed by atoms with Gasteiger partial charge in [-0.05, 0) is 42.6 Å². The quantitative estimate of drug-likeness (QED) is 0.856. The van der Waals surface area contributed by atoms with Crippen LogP contribution < -0.4 is 5.32 Å². The van der Waals surface area contributed by atoms with Crippen molar-refractivity contribution in [2.24, 2.45) is 0 Å². The first-order valence-electron chi connectivity index (χ1n) is 8.57. The molecule has 0 aromatic heterocycles. The monoisotopic (exact) mass is 328 g/mol. The third-order valence-corrected chi connectivity index (χ3v) is 4.56. The Bertz CT molecular complexity index is 649. The molecule has 1 saturated heterocycles. The topological polar surface area (TPSA) is 35.5 Å². The fourth-order valence-electron chi connectivity index (χ4n) is 3.41. The predicted octanol–water partition coefficient (Wildman–Crippen LogP) is 2.94. The van der Waals surface area contributed by atoms with Gasteiger partial charge in [0.2, 0.25) is 0 Å². The van der Waals surface area contributed by atoms with Crippen molar-refractivity contribution in [2.75, 3.05) is 19.6 Å². The summed E-state index contributed by atoms with van der Waals surface area (Å²) in [5.74, 6) is -0.222. The van der Waals surface area contributed by atoms with E-state index in [-0.39, 0.29) is 5.82 Å². The molecule has 1 aliphatic rings. The molecule has 1 aliphatic heterocycles. The number of halogens is 1. The molecule has 0 spiro atoms. The number of hydrogen-bond acceptors (Lipinski definition) is 3. The van der Waals surface area contributed by atoms with Gasteiger partial charge in [0.15, 0.2) is 0 Å². The molecule has 0 aliphatic carbocycles. The first-order valence-corrected chi connectivity index (χ1v) is 8.57. The zero-order chi connectivity index (χ0) is 16.8. The van der Waals surface area contributed by atoms with Crippen LogP contribution in [0.25, 0.3) is 0 Å². The van der Waals surface area contributed by atoms with Gasteiger partial charge in [0, 0.05) is 26.2 Å². The SMILES string of the molecule is OC1(CNCc2cccc(F)c2)CCCN(Cc2ccccc2)C1. The Morgan fingerprint density at radius 1 is 1.08 bits per heavy atom. The minimum absolute atomic E-state index is 0.222. The van der Waals surface area contributed by atoms with Gasteiger partial charge < -0.3 is 10.4 Å². The van der Waals surface area contributed by atoms with Crippen LogP contribution in [0.5, 0.6) is 0 Å². The molecule has 1 unspecified atom stereocenters. The van der Waals surface area contributed by atoms with Crippen LogP contribution in [0, 0.1) is 5.82 Å². The number of nitrogens with zero attached hydrogens (tertiary/aromatic N) is 1. The number of β-amino-alcohol motifs (C(OH)–C–C–N with tert-alkyl or cyclic N) is 1. The van der Waals surface area contributed by atoms with Gasteiger partial charge >= 0.3 is 0 Å². The summed E-state index contributed by atoms with van der Waals surface area (Å²) < 4.78 is 13.2. The molecule has 3 nitrogen and oxygen atoms in total. The fraction of sp³-hybridized carbons (Fsp3) is 0.400. The minimum atomic E-state index is -0.722. The van der Waals surface area contributed by atoms with E-state index in [4.69, 9.17) is 0 Å². The van der Waals surface area contributed by atoms with Crippen molar-refractivity contribution in [3.8, 4) is 0 Å². The van der Waals surface area contributed by atoms with Gasteiger partial charge in [0.1, 0.15) is 5.82 Å². The summed E-state index contributed by atoms with van der Waals surface area (Å²) in [4.78, 5) is 2.31. The third kappa shape index (κ3) is 4.87. The van der Waals surface area contributed by atoms with E-state index < -0.39 is 5.60 Å². The Balaban J connectivity index is 1.50. The molecule has 2 aromatic carbocycles. The van der Waals surface area contributed by atoms with Crippen molar-refractivity contribution in [3.63, 3.8) is 0 Å². The molecule has 2 N–H and O–H groups in total. The van der Waals surface area contributed by atoms with Gasteiger partial charge in [-0.2, -0.15) is 0 Å². The van der Waals surface area contributed by atoms with Gasteiger partial charge in [-0.1, -0.05) is 42.5 Å². The third-order valence-electron chi connectivity index (χ3n) is 4.56. The highest BCUT2D eigenvalue weighted by atomic mass is 19.1. The number of rotatable bonds is 6. The van der Waals surface area contributed by atoms with E-state index in [1.807, 2.05) is 24.3 Å². The first-order chi connectivity index (χ1) is 11.6. The molecule has 1 heterocycles. The number of benzene rings is 2. The lowest BCUT2D eigenvalue weighted by Crippen LogP contribution is -2.53. The highest BCUT2D eigenvalue weighted by Crippen LogP contribution is 2.22. The Kier molecular flexibility index (Phi) is 5.61. The number of nitrogens with one attached hydrogen (secondary N) is 1. The second kappa shape index (κ2) is 7.88. The Labute approximate surface area is 143 Å². The molecule has 0 saturated carbocycles. The average Bonchev–Trinajstić information content (AvgIpc) is 2.56. The molecular formula is C20H25FN2O. The highest BCUT2D eigenvalue weighted by molar-refractivity contribution is 5.16. The van der Waals surface area contributed by atoms with Gasteiger partial charge in [0.05, 0.1) is 5.60 Å². The summed E-state index contributed by atoms with van der Waals surface area (Å²) in [6.07, 6.45) is 1.79. The van der Waals surface area contributed by atoms with Gasteiger partial charge in [0.25, 0.3) is 0 Å². The van der Waals surface area contributed by atoms with Crippen LogP contribution >= 0.6 is 0 Å². The van der Waals surface area contributed by atoms with Crippen LogP contribution in [0.4, 0.5) is 4.39 Å². The maximum absolute atomic E-state index is 13.2. The maximum Gasteiger partial charge on any atom is 0.123 e. The largest absolute Gasteiger partial charge is 0.387 e. The van der Waals surface area contributed by atoms with Crippen LogP contribution in [-0.4, -0.2) is 35.2 Å². The molecule has 1 atom stereocenters. The highest BCUT2D eigenvalue weighted by Gasteiger charge is 2.32. The molecule has 0 radical (unpaired) electrons. The Morgan fingerprint density at radius 3 is 2.67 bits per heavy atom. The summed E-state index contributed by atoms with van der Waals surface area (Å²) >= 11 is 0. The maximum atomic E-state index is 13.2. The summed E-state index contributed by atoms with van der Waals surface area (Å²) in [6.45, 7) is 3.64. The van der Waals surface area contributed by atoms with E-state index in [1.54, 1.807) is 6.07 Å². The van der Waals surface area contributed by atoms with Crippen molar-refractivity contribution < 1.29 is 9.50 Å². The van der Waals surface area contributed by atoms with Crippen molar-refractivity contribution in [2.45, 2.75) is 31.5 Å². The zero-order valence-electron chi connectivity index (χ0n) is 13.9.